The van der Waals surface area contributed by atoms with E-state index in [9.17, 15) is 13.6 Å². The van der Waals surface area contributed by atoms with Gasteiger partial charge in [-0.25, -0.2) is 8.78 Å². The average Bonchev–Trinajstić information content (AvgIpc) is 2.26. The van der Waals surface area contributed by atoms with Gasteiger partial charge in [-0.2, -0.15) is 0 Å². The number of benzene rings is 1. The largest absolute Gasteiger partial charge is 0.379 e. The fourth-order valence-electron chi connectivity index (χ4n) is 1.37. The molecular weight excluding hydrogens is 226 g/mol. The lowest BCUT2D eigenvalue weighted by Crippen LogP contribution is -2.23. The maximum Gasteiger partial charge on any atom is 0.165 e. The molecule has 2 nitrogen and oxygen atoms in total. The summed E-state index contributed by atoms with van der Waals surface area (Å²) in [4.78, 5) is 11.7. The van der Waals surface area contributed by atoms with E-state index in [1.54, 1.807) is 7.11 Å². The highest BCUT2D eigenvalue weighted by atomic mass is 19.1. The average molecular weight is 242 g/mol. The van der Waals surface area contributed by atoms with Gasteiger partial charge in [0, 0.05) is 19.6 Å². The molecule has 94 valence electrons. The number of hydrogen-bond donors (Lipinski definition) is 0. The van der Waals surface area contributed by atoms with E-state index in [0.29, 0.717) is 12.5 Å². The lowest BCUT2D eigenvalue weighted by molar-refractivity contribution is 0.0141. The van der Waals surface area contributed by atoms with Crippen molar-refractivity contribution in [3.63, 3.8) is 0 Å². The van der Waals surface area contributed by atoms with Crippen molar-refractivity contribution in [3.05, 3.63) is 35.4 Å². The lowest BCUT2D eigenvalue weighted by Gasteiger charge is -2.22. The van der Waals surface area contributed by atoms with Crippen LogP contribution >= 0.6 is 0 Å². The van der Waals surface area contributed by atoms with Crippen LogP contribution in [0.5, 0.6) is 0 Å². The van der Waals surface area contributed by atoms with Gasteiger partial charge in [-0.3, -0.25) is 4.79 Å². The number of ketones is 1. The number of rotatable bonds is 5. The van der Waals surface area contributed by atoms with Crippen molar-refractivity contribution in [2.75, 3.05) is 7.11 Å². The molecule has 1 aromatic carbocycles. The fraction of sp³-hybridized carbons (Fsp3) is 0.462. The Morgan fingerprint density at radius 3 is 2.53 bits per heavy atom. The maximum absolute atomic E-state index is 13.3. The van der Waals surface area contributed by atoms with Crippen molar-refractivity contribution < 1.29 is 18.3 Å². The molecule has 0 amide bonds. The Balaban J connectivity index is 2.71. The van der Waals surface area contributed by atoms with Crippen molar-refractivity contribution >= 4 is 5.78 Å². The van der Waals surface area contributed by atoms with Crippen LogP contribution in [0.25, 0.3) is 0 Å². The van der Waals surface area contributed by atoms with Gasteiger partial charge in [-0.15, -0.1) is 0 Å². The first-order chi connectivity index (χ1) is 7.85. The summed E-state index contributed by atoms with van der Waals surface area (Å²) in [5.41, 5.74) is -0.495. The summed E-state index contributed by atoms with van der Waals surface area (Å²) in [5, 5.41) is 0. The third kappa shape index (κ3) is 3.89. The number of carbonyl (C=O) groups excluding carboxylic acids is 1. The van der Waals surface area contributed by atoms with E-state index in [1.807, 2.05) is 13.8 Å². The Kier molecular flexibility index (Phi) is 4.34. The van der Waals surface area contributed by atoms with Gasteiger partial charge in [0.25, 0.3) is 0 Å². The molecule has 0 bridgehead atoms. The summed E-state index contributed by atoms with van der Waals surface area (Å²) >= 11 is 0. The van der Waals surface area contributed by atoms with E-state index in [1.165, 1.54) is 6.07 Å². The predicted octanol–water partition coefficient (Wildman–Crippen LogP) is 3.35. The molecule has 0 atom stereocenters. The summed E-state index contributed by atoms with van der Waals surface area (Å²) in [6, 6.07) is 2.97. The Hall–Kier alpha value is -1.29. The number of Topliss-reactive ketones (excluding diaryl/α,β-unsaturated/α-hetero) is 1. The summed E-state index contributed by atoms with van der Waals surface area (Å²) < 4.78 is 31.1. The number of methoxy groups -OCH3 is 1. The number of halogens is 2. The van der Waals surface area contributed by atoms with Crippen LogP contribution in [-0.2, 0) is 4.74 Å². The van der Waals surface area contributed by atoms with E-state index >= 15 is 0 Å². The van der Waals surface area contributed by atoms with Crippen LogP contribution in [-0.4, -0.2) is 18.5 Å². The van der Waals surface area contributed by atoms with E-state index in [0.717, 1.165) is 6.07 Å². The molecule has 0 heterocycles. The second-order valence-corrected chi connectivity index (χ2v) is 4.51. The number of ether oxygens (including phenoxy) is 1. The Morgan fingerprint density at radius 2 is 2.00 bits per heavy atom. The van der Waals surface area contributed by atoms with Gasteiger partial charge in [-0.1, -0.05) is 0 Å². The van der Waals surface area contributed by atoms with Crippen molar-refractivity contribution in [1.29, 1.82) is 0 Å². The molecule has 0 aromatic heterocycles. The molecule has 1 aromatic rings. The van der Waals surface area contributed by atoms with Crippen LogP contribution < -0.4 is 0 Å². The Labute approximate surface area is 99.6 Å². The standard InChI is InChI=1S/C13H16F2O2/c1-13(2,17-3)7-6-12(16)10-5-4-9(14)8-11(10)15/h4-5,8H,6-7H2,1-3H3. The highest BCUT2D eigenvalue weighted by Crippen LogP contribution is 2.19. The monoisotopic (exact) mass is 242 g/mol. The topological polar surface area (TPSA) is 26.3 Å². The molecule has 0 aliphatic rings. The van der Waals surface area contributed by atoms with Crippen LogP contribution in [0.3, 0.4) is 0 Å². The number of hydrogen-bond acceptors (Lipinski definition) is 2. The summed E-state index contributed by atoms with van der Waals surface area (Å²) in [6.45, 7) is 3.70. The van der Waals surface area contributed by atoms with Crippen molar-refractivity contribution in [3.8, 4) is 0 Å². The molecule has 0 radical (unpaired) electrons. The van der Waals surface area contributed by atoms with Crippen molar-refractivity contribution in [1.82, 2.24) is 0 Å². The molecular formula is C13H16F2O2. The number of carbonyl (C=O) groups is 1. The predicted molar refractivity (Wildman–Crippen MR) is 61.0 cm³/mol. The van der Waals surface area contributed by atoms with E-state index in [-0.39, 0.29) is 17.8 Å². The summed E-state index contributed by atoms with van der Waals surface area (Å²) in [6.07, 6.45) is 0.655. The van der Waals surface area contributed by atoms with E-state index < -0.39 is 17.2 Å². The normalized spacial score (nSPS) is 11.6. The molecule has 0 aliphatic carbocycles. The fourth-order valence-corrected chi connectivity index (χ4v) is 1.37. The molecule has 0 saturated carbocycles. The first-order valence-electron chi connectivity index (χ1n) is 5.39. The lowest BCUT2D eigenvalue weighted by atomic mass is 9.97. The van der Waals surface area contributed by atoms with E-state index in [4.69, 9.17) is 4.74 Å². The quantitative estimate of drug-likeness (QED) is 0.740. The molecule has 1 rings (SSSR count). The Morgan fingerprint density at radius 1 is 1.35 bits per heavy atom. The first kappa shape index (κ1) is 13.8. The van der Waals surface area contributed by atoms with Gasteiger partial charge < -0.3 is 4.74 Å². The minimum Gasteiger partial charge on any atom is -0.379 e. The van der Waals surface area contributed by atoms with Gasteiger partial charge in [0.2, 0.25) is 0 Å². The van der Waals surface area contributed by atoms with Crippen LogP contribution in [0.15, 0.2) is 18.2 Å². The summed E-state index contributed by atoms with van der Waals surface area (Å²) in [5.74, 6) is -1.84. The molecule has 0 unspecified atom stereocenters. The van der Waals surface area contributed by atoms with Crippen LogP contribution in [0, 0.1) is 11.6 Å². The first-order valence-corrected chi connectivity index (χ1v) is 5.39. The third-order valence-corrected chi connectivity index (χ3v) is 2.74. The smallest absolute Gasteiger partial charge is 0.165 e. The second kappa shape index (κ2) is 5.36. The maximum atomic E-state index is 13.3. The molecule has 0 aliphatic heterocycles. The summed E-state index contributed by atoms with van der Waals surface area (Å²) in [7, 11) is 1.56. The molecule has 0 fully saturated rings. The van der Waals surface area contributed by atoms with Crippen LogP contribution in [0.1, 0.15) is 37.0 Å². The molecule has 0 saturated heterocycles. The molecule has 0 N–H and O–H groups in total. The molecule has 17 heavy (non-hydrogen) atoms. The van der Waals surface area contributed by atoms with E-state index in [2.05, 4.69) is 0 Å². The zero-order chi connectivity index (χ0) is 13.1. The SMILES string of the molecule is COC(C)(C)CCC(=O)c1ccc(F)cc1F. The Bertz CT molecular complexity index is 414. The van der Waals surface area contributed by atoms with Gasteiger partial charge in [0.1, 0.15) is 11.6 Å². The second-order valence-electron chi connectivity index (χ2n) is 4.51. The van der Waals surface area contributed by atoms with Gasteiger partial charge >= 0.3 is 0 Å². The van der Waals surface area contributed by atoms with Gasteiger partial charge in [0.15, 0.2) is 5.78 Å². The van der Waals surface area contributed by atoms with Crippen LogP contribution in [0.2, 0.25) is 0 Å². The van der Waals surface area contributed by atoms with Gasteiger partial charge in [0.05, 0.1) is 11.2 Å². The zero-order valence-corrected chi connectivity index (χ0v) is 10.2. The van der Waals surface area contributed by atoms with Crippen molar-refractivity contribution in [2.45, 2.75) is 32.3 Å². The zero-order valence-electron chi connectivity index (χ0n) is 10.2. The minimum atomic E-state index is -0.815. The van der Waals surface area contributed by atoms with Gasteiger partial charge in [-0.05, 0) is 32.4 Å². The van der Waals surface area contributed by atoms with Crippen LogP contribution in [0.4, 0.5) is 8.78 Å². The molecule has 4 heteroatoms. The highest BCUT2D eigenvalue weighted by molar-refractivity contribution is 5.96. The highest BCUT2D eigenvalue weighted by Gasteiger charge is 2.20. The van der Waals surface area contributed by atoms with Crippen molar-refractivity contribution in [2.24, 2.45) is 0 Å². The molecule has 0 spiro atoms. The minimum absolute atomic E-state index is 0.0710. The third-order valence-electron chi connectivity index (χ3n) is 2.74.